The van der Waals surface area contributed by atoms with E-state index in [1.54, 1.807) is 6.26 Å². The van der Waals surface area contributed by atoms with E-state index in [1.807, 2.05) is 6.07 Å². The Morgan fingerprint density at radius 3 is 2.60 bits per heavy atom. The van der Waals surface area contributed by atoms with Crippen molar-refractivity contribution in [1.82, 2.24) is 0 Å². The molecule has 1 atom stereocenters. The van der Waals surface area contributed by atoms with Gasteiger partial charge in [0.15, 0.2) is 0 Å². The molecule has 0 heterocycles. The van der Waals surface area contributed by atoms with Crippen LogP contribution in [0.25, 0.3) is 16.3 Å². The summed E-state index contributed by atoms with van der Waals surface area (Å²) in [5, 5.41) is 2.48. The molecule has 0 aromatic heterocycles. The van der Waals surface area contributed by atoms with Gasteiger partial charge in [0.2, 0.25) is 0 Å². The molecule has 2 heteroatoms. The highest BCUT2D eigenvalue weighted by atomic mass is 16.5. The zero-order chi connectivity index (χ0) is 17.2. The number of rotatable bonds is 2. The third-order valence-electron chi connectivity index (χ3n) is 4.93. The largest absolute Gasteiger partial charge is 0.434 e. The maximum Gasteiger partial charge on any atom is 0.307 e. The maximum absolute atomic E-state index is 11.3. The molecule has 1 aliphatic rings. The van der Waals surface area contributed by atoms with E-state index in [-0.39, 0.29) is 11.9 Å². The third kappa shape index (κ3) is 3.08. The van der Waals surface area contributed by atoms with Crippen LogP contribution in [0.2, 0.25) is 0 Å². The second-order valence-corrected chi connectivity index (χ2v) is 6.54. The molecule has 0 N–H and O–H groups in total. The number of aryl methyl sites for hydroxylation is 1. The number of hydrogen-bond acceptors (Lipinski definition) is 2. The summed E-state index contributed by atoms with van der Waals surface area (Å²) in [6.45, 7) is 1.44. The number of allylic oxidation sites excluding steroid dienone is 1. The molecule has 0 radical (unpaired) electrons. The van der Waals surface area contributed by atoms with Crippen LogP contribution >= 0.6 is 0 Å². The molecule has 1 unspecified atom stereocenters. The molecule has 4 rings (SSSR count). The van der Waals surface area contributed by atoms with E-state index in [2.05, 4.69) is 60.7 Å². The Hall–Kier alpha value is -2.87. The molecule has 0 saturated heterocycles. The number of benzene rings is 3. The van der Waals surface area contributed by atoms with Crippen LogP contribution in [0.3, 0.4) is 0 Å². The van der Waals surface area contributed by atoms with Crippen LogP contribution in [0.1, 0.15) is 36.0 Å². The molecule has 0 aliphatic heterocycles. The Labute approximate surface area is 147 Å². The van der Waals surface area contributed by atoms with Crippen molar-refractivity contribution < 1.29 is 9.53 Å². The minimum Gasteiger partial charge on any atom is -0.434 e. The summed E-state index contributed by atoms with van der Waals surface area (Å²) in [5.74, 6) is -0.0494. The monoisotopic (exact) mass is 328 g/mol. The molecule has 0 amide bonds. The highest BCUT2D eigenvalue weighted by Gasteiger charge is 2.26. The Kier molecular flexibility index (Phi) is 4.10. The molecule has 3 aromatic rings. The standard InChI is InChI=1S/C23H20O2/c1-16(24)25-15-23-21-9-5-4-7-18(21)12-13-22(23)20-11-10-17-6-2-3-8-19(17)14-20/h2-11,14-15,22H,12-13H2,1H3. The van der Waals surface area contributed by atoms with Crippen LogP contribution in [-0.4, -0.2) is 5.97 Å². The Balaban J connectivity index is 1.81. The first-order chi connectivity index (χ1) is 12.2. The average molecular weight is 328 g/mol. The second-order valence-electron chi connectivity index (χ2n) is 6.54. The van der Waals surface area contributed by atoms with E-state index in [9.17, 15) is 4.79 Å². The highest BCUT2D eigenvalue weighted by molar-refractivity contribution is 5.85. The van der Waals surface area contributed by atoms with E-state index < -0.39 is 0 Å². The summed E-state index contributed by atoms with van der Waals surface area (Å²) in [6.07, 6.45) is 3.70. The van der Waals surface area contributed by atoms with Crippen LogP contribution in [0.15, 0.2) is 73.0 Å². The van der Waals surface area contributed by atoms with Gasteiger partial charge in [-0.3, -0.25) is 4.79 Å². The molecule has 0 saturated carbocycles. The van der Waals surface area contributed by atoms with Crippen LogP contribution < -0.4 is 0 Å². The van der Waals surface area contributed by atoms with Gasteiger partial charge in [-0.1, -0.05) is 66.7 Å². The molecule has 0 fully saturated rings. The number of fused-ring (bicyclic) bond motifs is 2. The van der Waals surface area contributed by atoms with E-state index in [0.717, 1.165) is 18.4 Å². The van der Waals surface area contributed by atoms with Crippen LogP contribution in [-0.2, 0) is 16.0 Å². The molecule has 124 valence electrons. The molecule has 2 nitrogen and oxygen atoms in total. The molecular formula is C23H20O2. The first-order valence-electron chi connectivity index (χ1n) is 8.66. The van der Waals surface area contributed by atoms with Crippen molar-refractivity contribution in [3.63, 3.8) is 0 Å². The predicted octanol–water partition coefficient (Wildman–Crippen LogP) is 5.47. The van der Waals surface area contributed by atoms with Gasteiger partial charge in [0.1, 0.15) is 0 Å². The number of esters is 1. The average Bonchev–Trinajstić information content (AvgIpc) is 2.65. The number of hydrogen-bond donors (Lipinski definition) is 0. The first kappa shape index (κ1) is 15.6. The molecular weight excluding hydrogens is 308 g/mol. The van der Waals surface area contributed by atoms with Gasteiger partial charge in [-0.05, 0) is 40.3 Å². The molecule has 0 spiro atoms. The summed E-state index contributed by atoms with van der Waals surface area (Å²) in [7, 11) is 0. The lowest BCUT2D eigenvalue weighted by atomic mass is 9.76. The molecule has 3 aromatic carbocycles. The SMILES string of the molecule is CC(=O)OC=C1c2ccccc2CCC1c1ccc2ccccc2c1. The summed E-state index contributed by atoms with van der Waals surface area (Å²) < 4.78 is 5.28. The Morgan fingerprint density at radius 2 is 1.76 bits per heavy atom. The molecule has 0 bridgehead atoms. The van der Waals surface area contributed by atoms with Crippen molar-refractivity contribution in [2.75, 3.05) is 0 Å². The first-order valence-corrected chi connectivity index (χ1v) is 8.66. The molecule has 25 heavy (non-hydrogen) atoms. The smallest absolute Gasteiger partial charge is 0.307 e. The normalized spacial score (nSPS) is 18.1. The number of ether oxygens (including phenoxy) is 1. The van der Waals surface area contributed by atoms with Crippen molar-refractivity contribution in [2.24, 2.45) is 0 Å². The predicted molar refractivity (Wildman–Crippen MR) is 101 cm³/mol. The van der Waals surface area contributed by atoms with Gasteiger partial charge < -0.3 is 4.74 Å². The summed E-state index contributed by atoms with van der Waals surface area (Å²) in [5.41, 5.74) is 4.87. The van der Waals surface area contributed by atoms with Gasteiger partial charge in [0.05, 0.1) is 6.26 Å². The van der Waals surface area contributed by atoms with Crippen molar-refractivity contribution in [1.29, 1.82) is 0 Å². The van der Waals surface area contributed by atoms with Crippen LogP contribution in [0, 0.1) is 0 Å². The van der Waals surface area contributed by atoms with E-state index in [4.69, 9.17) is 4.74 Å². The van der Waals surface area contributed by atoms with E-state index in [0.29, 0.717) is 0 Å². The number of carbonyl (C=O) groups is 1. The maximum atomic E-state index is 11.3. The van der Waals surface area contributed by atoms with Gasteiger partial charge in [0, 0.05) is 18.4 Å². The minimum atomic E-state index is -0.284. The van der Waals surface area contributed by atoms with E-state index in [1.165, 1.54) is 34.4 Å². The number of carbonyl (C=O) groups excluding carboxylic acids is 1. The zero-order valence-corrected chi connectivity index (χ0v) is 14.2. The summed E-state index contributed by atoms with van der Waals surface area (Å²) >= 11 is 0. The Bertz CT molecular complexity index is 968. The van der Waals surface area contributed by atoms with Gasteiger partial charge in [0.25, 0.3) is 0 Å². The summed E-state index contributed by atoms with van der Waals surface area (Å²) in [6, 6.07) is 23.4. The van der Waals surface area contributed by atoms with Gasteiger partial charge in [-0.25, -0.2) is 0 Å². The van der Waals surface area contributed by atoms with Crippen molar-refractivity contribution >= 4 is 22.3 Å². The zero-order valence-electron chi connectivity index (χ0n) is 14.2. The Morgan fingerprint density at radius 1 is 1.00 bits per heavy atom. The van der Waals surface area contributed by atoms with Gasteiger partial charge in [-0.15, -0.1) is 0 Å². The molecule has 1 aliphatic carbocycles. The lowest BCUT2D eigenvalue weighted by Gasteiger charge is -2.28. The fourth-order valence-electron chi connectivity index (χ4n) is 3.73. The van der Waals surface area contributed by atoms with Crippen molar-refractivity contribution in [2.45, 2.75) is 25.7 Å². The lowest BCUT2D eigenvalue weighted by molar-refractivity contribution is -0.135. The van der Waals surface area contributed by atoms with E-state index >= 15 is 0 Å². The minimum absolute atomic E-state index is 0.235. The lowest BCUT2D eigenvalue weighted by Crippen LogP contribution is -2.12. The third-order valence-corrected chi connectivity index (χ3v) is 4.93. The second kappa shape index (κ2) is 6.56. The van der Waals surface area contributed by atoms with Gasteiger partial charge in [-0.2, -0.15) is 0 Å². The van der Waals surface area contributed by atoms with Crippen LogP contribution in [0.5, 0.6) is 0 Å². The quantitative estimate of drug-likeness (QED) is 0.460. The van der Waals surface area contributed by atoms with Crippen LogP contribution in [0.4, 0.5) is 0 Å². The summed E-state index contributed by atoms with van der Waals surface area (Å²) in [4.78, 5) is 11.3. The fourth-order valence-corrected chi connectivity index (χ4v) is 3.73. The van der Waals surface area contributed by atoms with Crippen molar-refractivity contribution in [3.05, 3.63) is 89.7 Å². The van der Waals surface area contributed by atoms with Crippen molar-refractivity contribution in [3.8, 4) is 0 Å². The highest BCUT2D eigenvalue weighted by Crippen LogP contribution is 2.42. The topological polar surface area (TPSA) is 26.3 Å². The fraction of sp³-hybridized carbons (Fsp3) is 0.174. The van der Waals surface area contributed by atoms with Gasteiger partial charge >= 0.3 is 5.97 Å².